The molecule has 1 heterocycles. The van der Waals surface area contributed by atoms with Gasteiger partial charge in [0.1, 0.15) is 0 Å². The van der Waals surface area contributed by atoms with Crippen LogP contribution in [0.15, 0.2) is 6.20 Å². The quantitative estimate of drug-likeness (QED) is 0.749. The largest absolute Gasteiger partial charge is 0.477 e. The van der Waals surface area contributed by atoms with Crippen molar-refractivity contribution in [3.05, 3.63) is 6.20 Å². The highest BCUT2D eigenvalue weighted by atomic mass is 16.5. The van der Waals surface area contributed by atoms with Gasteiger partial charge >= 0.3 is 0 Å². The van der Waals surface area contributed by atoms with E-state index in [1.165, 1.54) is 6.20 Å². The fraction of sp³-hybridized carbons (Fsp3) is 0.500. The van der Waals surface area contributed by atoms with E-state index in [0.29, 0.717) is 25.0 Å². The van der Waals surface area contributed by atoms with E-state index in [1.807, 2.05) is 13.8 Å². The summed E-state index contributed by atoms with van der Waals surface area (Å²) in [5.41, 5.74) is 5.52. The van der Waals surface area contributed by atoms with Crippen LogP contribution in [0, 0.1) is 0 Å². The second-order valence-corrected chi connectivity index (χ2v) is 2.26. The first-order valence-electron chi connectivity index (χ1n) is 4.16. The van der Waals surface area contributed by atoms with Crippen molar-refractivity contribution in [1.82, 2.24) is 9.97 Å². The first-order valence-corrected chi connectivity index (χ1v) is 4.16. The van der Waals surface area contributed by atoms with E-state index < -0.39 is 0 Å². The molecule has 0 saturated heterocycles. The molecule has 5 heteroatoms. The van der Waals surface area contributed by atoms with Crippen LogP contribution in [-0.2, 0) is 0 Å². The molecule has 0 atom stereocenters. The first kappa shape index (κ1) is 9.57. The molecule has 0 saturated carbocycles. The van der Waals surface area contributed by atoms with Crippen LogP contribution in [0.3, 0.4) is 0 Å². The fourth-order valence-corrected chi connectivity index (χ4v) is 0.827. The Bertz CT molecular complexity index is 278. The SMILES string of the molecule is CCOc1cnc(N)c(OCC)n1. The van der Waals surface area contributed by atoms with E-state index in [4.69, 9.17) is 15.2 Å². The lowest BCUT2D eigenvalue weighted by atomic mass is 10.6. The van der Waals surface area contributed by atoms with Crippen molar-refractivity contribution in [3.8, 4) is 11.8 Å². The molecule has 0 aliphatic rings. The molecule has 2 N–H and O–H groups in total. The van der Waals surface area contributed by atoms with Crippen molar-refractivity contribution in [1.29, 1.82) is 0 Å². The Morgan fingerprint density at radius 3 is 2.62 bits per heavy atom. The van der Waals surface area contributed by atoms with Gasteiger partial charge in [-0.1, -0.05) is 0 Å². The molecule has 0 radical (unpaired) electrons. The molecule has 0 fully saturated rings. The molecule has 0 bridgehead atoms. The van der Waals surface area contributed by atoms with Crippen LogP contribution in [-0.4, -0.2) is 23.2 Å². The van der Waals surface area contributed by atoms with E-state index in [9.17, 15) is 0 Å². The van der Waals surface area contributed by atoms with Crippen molar-refractivity contribution in [3.63, 3.8) is 0 Å². The molecule has 72 valence electrons. The minimum absolute atomic E-state index is 0.283. The van der Waals surface area contributed by atoms with Crippen LogP contribution in [0.1, 0.15) is 13.8 Å². The standard InChI is InChI=1S/C8H13N3O2/c1-3-12-6-5-10-7(9)8(11-6)13-4-2/h5H,3-4H2,1-2H3,(H2,9,10). The van der Waals surface area contributed by atoms with Crippen LogP contribution < -0.4 is 15.2 Å². The third-order valence-corrected chi connectivity index (χ3v) is 1.32. The smallest absolute Gasteiger partial charge is 0.260 e. The van der Waals surface area contributed by atoms with E-state index in [1.54, 1.807) is 0 Å². The number of nitrogens with zero attached hydrogens (tertiary/aromatic N) is 2. The predicted molar refractivity (Wildman–Crippen MR) is 48.8 cm³/mol. The highest BCUT2D eigenvalue weighted by molar-refractivity contribution is 5.40. The van der Waals surface area contributed by atoms with Crippen LogP contribution in [0.2, 0.25) is 0 Å². The maximum atomic E-state index is 5.52. The summed E-state index contributed by atoms with van der Waals surface area (Å²) in [6, 6.07) is 0. The van der Waals surface area contributed by atoms with Gasteiger partial charge in [0.2, 0.25) is 5.88 Å². The van der Waals surface area contributed by atoms with E-state index in [2.05, 4.69) is 9.97 Å². The van der Waals surface area contributed by atoms with Gasteiger partial charge in [0.15, 0.2) is 5.82 Å². The van der Waals surface area contributed by atoms with E-state index in [0.717, 1.165) is 0 Å². The number of ether oxygens (including phenoxy) is 2. The highest BCUT2D eigenvalue weighted by Crippen LogP contribution is 2.18. The third-order valence-electron chi connectivity index (χ3n) is 1.32. The lowest BCUT2D eigenvalue weighted by Gasteiger charge is -2.06. The van der Waals surface area contributed by atoms with Crippen molar-refractivity contribution >= 4 is 5.82 Å². The molecule has 0 aromatic carbocycles. The topological polar surface area (TPSA) is 70.3 Å². The maximum absolute atomic E-state index is 5.52. The maximum Gasteiger partial charge on any atom is 0.260 e. The van der Waals surface area contributed by atoms with Gasteiger partial charge in [0, 0.05) is 0 Å². The molecule has 13 heavy (non-hydrogen) atoms. The van der Waals surface area contributed by atoms with E-state index >= 15 is 0 Å². The monoisotopic (exact) mass is 183 g/mol. The van der Waals surface area contributed by atoms with Crippen molar-refractivity contribution in [2.24, 2.45) is 0 Å². The van der Waals surface area contributed by atoms with Gasteiger partial charge in [0.25, 0.3) is 5.88 Å². The summed E-state index contributed by atoms with van der Waals surface area (Å²) in [4.78, 5) is 7.90. The number of rotatable bonds is 4. The van der Waals surface area contributed by atoms with Gasteiger partial charge < -0.3 is 15.2 Å². The van der Waals surface area contributed by atoms with E-state index in [-0.39, 0.29) is 5.82 Å². The summed E-state index contributed by atoms with van der Waals surface area (Å²) in [5.74, 6) is 1.04. The lowest BCUT2D eigenvalue weighted by molar-refractivity contribution is 0.298. The zero-order chi connectivity index (χ0) is 9.68. The molecule has 0 amide bonds. The molecule has 0 aliphatic heterocycles. The molecule has 1 rings (SSSR count). The number of nitrogens with two attached hydrogens (primary N) is 1. The minimum Gasteiger partial charge on any atom is -0.477 e. The zero-order valence-corrected chi connectivity index (χ0v) is 7.78. The van der Waals surface area contributed by atoms with Crippen LogP contribution in [0.25, 0.3) is 0 Å². The Morgan fingerprint density at radius 1 is 1.31 bits per heavy atom. The minimum atomic E-state index is 0.283. The Hall–Kier alpha value is -1.52. The fourth-order valence-electron chi connectivity index (χ4n) is 0.827. The number of hydrogen-bond donors (Lipinski definition) is 1. The molecule has 5 nitrogen and oxygen atoms in total. The molecule has 1 aromatic rings. The Kier molecular flexibility index (Phi) is 3.31. The normalized spacial score (nSPS) is 9.69. The summed E-state index contributed by atoms with van der Waals surface area (Å²) in [6.45, 7) is 4.78. The Balaban J connectivity index is 2.83. The number of nitrogen functional groups attached to an aromatic ring is 1. The van der Waals surface area contributed by atoms with Crippen LogP contribution in [0.4, 0.5) is 5.82 Å². The predicted octanol–water partition coefficient (Wildman–Crippen LogP) is 0.856. The molecule has 0 aliphatic carbocycles. The van der Waals surface area contributed by atoms with Gasteiger partial charge in [-0.25, -0.2) is 4.98 Å². The van der Waals surface area contributed by atoms with Crippen LogP contribution >= 0.6 is 0 Å². The molecular weight excluding hydrogens is 170 g/mol. The average molecular weight is 183 g/mol. The Morgan fingerprint density at radius 2 is 2.00 bits per heavy atom. The van der Waals surface area contributed by atoms with Gasteiger partial charge in [-0.2, -0.15) is 4.98 Å². The number of hydrogen-bond acceptors (Lipinski definition) is 5. The van der Waals surface area contributed by atoms with Crippen molar-refractivity contribution in [2.75, 3.05) is 18.9 Å². The van der Waals surface area contributed by atoms with Crippen LogP contribution in [0.5, 0.6) is 11.8 Å². The summed E-state index contributed by atoms with van der Waals surface area (Å²) in [6.07, 6.45) is 1.47. The Labute approximate surface area is 76.9 Å². The first-order chi connectivity index (χ1) is 6.27. The van der Waals surface area contributed by atoms with Gasteiger partial charge in [-0.3, -0.25) is 0 Å². The molecular formula is C8H13N3O2. The second-order valence-electron chi connectivity index (χ2n) is 2.26. The highest BCUT2D eigenvalue weighted by Gasteiger charge is 2.04. The number of anilines is 1. The van der Waals surface area contributed by atoms with Crippen molar-refractivity contribution in [2.45, 2.75) is 13.8 Å². The molecule has 0 unspecified atom stereocenters. The van der Waals surface area contributed by atoms with Crippen molar-refractivity contribution < 1.29 is 9.47 Å². The number of aromatic nitrogens is 2. The molecule has 0 spiro atoms. The average Bonchev–Trinajstić information content (AvgIpc) is 2.12. The second kappa shape index (κ2) is 4.49. The van der Waals surface area contributed by atoms with Gasteiger partial charge in [0.05, 0.1) is 19.4 Å². The third kappa shape index (κ3) is 2.47. The summed E-state index contributed by atoms with van der Waals surface area (Å²) >= 11 is 0. The lowest BCUT2D eigenvalue weighted by Crippen LogP contribution is -2.03. The van der Waals surface area contributed by atoms with Gasteiger partial charge in [-0.05, 0) is 13.8 Å². The summed E-state index contributed by atoms with van der Waals surface area (Å²) in [5, 5.41) is 0. The zero-order valence-electron chi connectivity index (χ0n) is 7.78. The van der Waals surface area contributed by atoms with Gasteiger partial charge in [-0.15, -0.1) is 0 Å². The summed E-state index contributed by atoms with van der Waals surface area (Å²) < 4.78 is 10.3. The summed E-state index contributed by atoms with van der Waals surface area (Å²) in [7, 11) is 0. The molecule has 1 aromatic heterocycles.